The second kappa shape index (κ2) is 4.96. The van der Waals surface area contributed by atoms with Crippen LogP contribution >= 0.6 is 22.6 Å². The zero-order valence-electron chi connectivity index (χ0n) is 10.8. The number of amides is 1. The zero-order valence-corrected chi connectivity index (χ0v) is 13.0. The number of hydrogen-bond donors (Lipinski definition) is 1. The van der Waals surface area contributed by atoms with Gasteiger partial charge in [0.25, 0.3) is 0 Å². The minimum Gasteiger partial charge on any atom is -0.445 e. The Morgan fingerprint density at radius 1 is 1.26 bits per heavy atom. The van der Waals surface area contributed by atoms with Crippen LogP contribution in [0.15, 0.2) is 30.3 Å². The molecule has 1 aromatic rings. The first-order valence-electron chi connectivity index (χ1n) is 6.73. The third kappa shape index (κ3) is 2.88. The molecule has 4 heteroatoms. The number of rotatable bonds is 5. The van der Waals surface area contributed by atoms with Crippen molar-refractivity contribution in [2.75, 3.05) is 6.54 Å². The molecule has 19 heavy (non-hydrogen) atoms. The van der Waals surface area contributed by atoms with Crippen molar-refractivity contribution in [2.45, 2.75) is 35.7 Å². The van der Waals surface area contributed by atoms with Crippen LogP contribution in [0.1, 0.15) is 31.2 Å². The summed E-state index contributed by atoms with van der Waals surface area (Å²) in [5.74, 6) is 0. The van der Waals surface area contributed by atoms with Crippen molar-refractivity contribution in [2.24, 2.45) is 5.41 Å². The summed E-state index contributed by atoms with van der Waals surface area (Å²) in [6, 6.07) is 9.75. The van der Waals surface area contributed by atoms with Crippen molar-refractivity contribution >= 4 is 28.7 Å². The van der Waals surface area contributed by atoms with Gasteiger partial charge in [-0.2, -0.15) is 0 Å². The van der Waals surface area contributed by atoms with Crippen molar-refractivity contribution < 1.29 is 9.53 Å². The minimum atomic E-state index is -0.306. The van der Waals surface area contributed by atoms with Gasteiger partial charge in [-0.05, 0) is 36.7 Å². The molecule has 0 heterocycles. The Hall–Kier alpha value is -0.780. The van der Waals surface area contributed by atoms with Crippen molar-refractivity contribution in [1.82, 2.24) is 5.32 Å². The van der Waals surface area contributed by atoms with Crippen LogP contribution < -0.4 is 5.32 Å². The molecule has 0 aromatic heterocycles. The molecule has 1 amide bonds. The van der Waals surface area contributed by atoms with Crippen LogP contribution in [-0.2, 0) is 11.3 Å². The van der Waals surface area contributed by atoms with Crippen LogP contribution in [0.2, 0.25) is 0 Å². The smallest absolute Gasteiger partial charge is 0.407 e. The van der Waals surface area contributed by atoms with E-state index in [1.54, 1.807) is 0 Å². The predicted molar refractivity (Wildman–Crippen MR) is 82.3 cm³/mol. The molecular formula is C15H18INO2. The van der Waals surface area contributed by atoms with E-state index in [0.717, 1.165) is 18.5 Å². The fourth-order valence-corrected chi connectivity index (χ4v) is 5.76. The van der Waals surface area contributed by atoms with E-state index in [9.17, 15) is 4.79 Å². The lowest BCUT2D eigenvalue weighted by molar-refractivity contribution is -0.0684. The summed E-state index contributed by atoms with van der Waals surface area (Å²) in [6.07, 6.45) is 4.79. The molecule has 3 nitrogen and oxygen atoms in total. The Morgan fingerprint density at radius 3 is 2.58 bits per heavy atom. The van der Waals surface area contributed by atoms with Gasteiger partial charge in [-0.15, -0.1) is 0 Å². The summed E-state index contributed by atoms with van der Waals surface area (Å²) >= 11 is 2.58. The Labute approximate surface area is 127 Å². The Bertz CT molecular complexity index is 455. The summed E-state index contributed by atoms with van der Waals surface area (Å²) < 4.78 is 5.79. The molecule has 4 rings (SSSR count). The van der Waals surface area contributed by atoms with Crippen LogP contribution in [-0.4, -0.2) is 16.1 Å². The van der Waals surface area contributed by atoms with Crippen LogP contribution in [0.25, 0.3) is 0 Å². The summed E-state index contributed by atoms with van der Waals surface area (Å²) in [5.41, 5.74) is 1.57. The Kier molecular flexibility index (Phi) is 3.45. The van der Waals surface area contributed by atoms with Crippen LogP contribution in [0, 0.1) is 5.41 Å². The van der Waals surface area contributed by atoms with Crippen LogP contribution in [0.5, 0.6) is 0 Å². The SMILES string of the molecule is O=C(NCCC12CC(I)(C1)C2)OCc1ccccc1. The topological polar surface area (TPSA) is 38.3 Å². The van der Waals surface area contributed by atoms with E-state index in [1.165, 1.54) is 19.3 Å². The molecule has 3 aliphatic carbocycles. The standard InChI is InChI=1S/C15H18INO2/c16-15-9-14(10-15,11-15)6-7-17-13(18)19-8-12-4-2-1-3-5-12/h1-5H,6-11H2,(H,17,18). The van der Waals surface area contributed by atoms with Crippen LogP contribution in [0.4, 0.5) is 4.79 Å². The third-order valence-corrected chi connectivity index (χ3v) is 5.36. The van der Waals surface area contributed by atoms with Gasteiger partial charge < -0.3 is 10.1 Å². The number of hydrogen-bond acceptors (Lipinski definition) is 2. The molecule has 0 unspecified atom stereocenters. The van der Waals surface area contributed by atoms with Crippen molar-refractivity contribution in [1.29, 1.82) is 0 Å². The van der Waals surface area contributed by atoms with Gasteiger partial charge in [0.05, 0.1) is 0 Å². The predicted octanol–water partition coefficient (Wildman–Crippen LogP) is 3.66. The maximum atomic E-state index is 11.5. The number of nitrogens with one attached hydrogen (secondary N) is 1. The van der Waals surface area contributed by atoms with E-state index < -0.39 is 0 Å². The fourth-order valence-electron chi connectivity index (χ4n) is 3.33. The van der Waals surface area contributed by atoms with Gasteiger partial charge in [0.2, 0.25) is 0 Å². The van der Waals surface area contributed by atoms with E-state index >= 15 is 0 Å². The molecule has 0 spiro atoms. The first-order chi connectivity index (χ1) is 9.09. The second-order valence-electron chi connectivity index (χ2n) is 5.92. The van der Waals surface area contributed by atoms with Gasteiger partial charge in [0.1, 0.15) is 6.61 Å². The minimum absolute atomic E-state index is 0.306. The molecule has 0 saturated heterocycles. The average Bonchev–Trinajstić information content (AvgIpc) is 2.34. The van der Waals surface area contributed by atoms with Gasteiger partial charge in [0, 0.05) is 9.97 Å². The Balaban J connectivity index is 1.32. The summed E-state index contributed by atoms with van der Waals surface area (Å²) in [4.78, 5) is 11.5. The highest BCUT2D eigenvalue weighted by Crippen LogP contribution is 2.73. The van der Waals surface area contributed by atoms with Gasteiger partial charge in [-0.25, -0.2) is 4.79 Å². The molecule has 0 aliphatic heterocycles. The summed E-state index contributed by atoms with van der Waals surface area (Å²) in [5, 5.41) is 2.85. The molecule has 1 aromatic carbocycles. The van der Waals surface area contributed by atoms with Crippen molar-refractivity contribution in [3.05, 3.63) is 35.9 Å². The fraction of sp³-hybridized carbons (Fsp3) is 0.533. The number of halogens is 1. The molecule has 0 radical (unpaired) electrons. The number of alkyl halides is 1. The molecule has 3 saturated carbocycles. The monoisotopic (exact) mass is 371 g/mol. The van der Waals surface area contributed by atoms with E-state index in [2.05, 4.69) is 27.9 Å². The van der Waals surface area contributed by atoms with Gasteiger partial charge in [-0.3, -0.25) is 0 Å². The number of ether oxygens (including phenoxy) is 1. The van der Waals surface area contributed by atoms with E-state index in [-0.39, 0.29) is 6.09 Å². The number of alkyl carbamates (subject to hydrolysis) is 1. The van der Waals surface area contributed by atoms with Crippen LogP contribution in [0.3, 0.4) is 0 Å². The first kappa shape index (κ1) is 13.2. The summed E-state index contributed by atoms with van der Waals surface area (Å²) in [6.45, 7) is 1.08. The highest BCUT2D eigenvalue weighted by molar-refractivity contribution is 14.1. The van der Waals surface area contributed by atoms with E-state index in [1.807, 2.05) is 30.3 Å². The quantitative estimate of drug-likeness (QED) is 0.634. The normalized spacial score (nSPS) is 31.0. The maximum Gasteiger partial charge on any atom is 0.407 e. The highest BCUT2D eigenvalue weighted by Gasteiger charge is 2.65. The first-order valence-corrected chi connectivity index (χ1v) is 7.81. The largest absolute Gasteiger partial charge is 0.445 e. The molecular weight excluding hydrogens is 353 g/mol. The molecule has 102 valence electrons. The third-order valence-electron chi connectivity index (χ3n) is 4.21. The summed E-state index contributed by atoms with van der Waals surface area (Å²) in [7, 11) is 0. The van der Waals surface area contributed by atoms with E-state index in [0.29, 0.717) is 15.4 Å². The molecule has 1 N–H and O–H groups in total. The maximum absolute atomic E-state index is 11.5. The molecule has 2 bridgehead atoms. The molecule has 0 atom stereocenters. The molecule has 3 fully saturated rings. The second-order valence-corrected chi connectivity index (χ2v) is 8.21. The van der Waals surface area contributed by atoms with Gasteiger partial charge >= 0.3 is 6.09 Å². The van der Waals surface area contributed by atoms with Gasteiger partial charge in [-0.1, -0.05) is 52.9 Å². The number of benzene rings is 1. The zero-order chi connectivity index (χ0) is 13.3. The lowest BCUT2D eigenvalue weighted by atomic mass is 9.43. The van der Waals surface area contributed by atoms with Crippen molar-refractivity contribution in [3.63, 3.8) is 0 Å². The average molecular weight is 371 g/mol. The lowest BCUT2D eigenvalue weighted by Crippen LogP contribution is -2.63. The highest BCUT2D eigenvalue weighted by atomic mass is 127. The Morgan fingerprint density at radius 2 is 1.95 bits per heavy atom. The van der Waals surface area contributed by atoms with Gasteiger partial charge in [0.15, 0.2) is 0 Å². The molecule has 3 aliphatic rings. The van der Waals surface area contributed by atoms with E-state index in [4.69, 9.17) is 4.74 Å². The lowest BCUT2D eigenvalue weighted by Gasteiger charge is -2.68. The number of carbonyl (C=O) groups is 1. The van der Waals surface area contributed by atoms with Crippen molar-refractivity contribution in [3.8, 4) is 0 Å². The number of carbonyl (C=O) groups excluding carboxylic acids is 1.